The van der Waals surface area contributed by atoms with Gasteiger partial charge in [0.2, 0.25) is 6.10 Å². The molecule has 0 saturated carbocycles. The maximum atomic E-state index is 13.1. The van der Waals surface area contributed by atoms with Crippen LogP contribution >= 0.6 is 11.3 Å². The molecular formula is C17H18FNO3S. The standard InChI is InChI=1S/C17H18FNO3S/c1-17(2,3)19-15(20)14(11-6-8-12(18)9-7-11)22-16(21)13-5-4-10-23-13/h4-10,14H,1-3H3,(H,19,20)/t14-/m0/s1. The van der Waals surface area contributed by atoms with Gasteiger partial charge >= 0.3 is 5.97 Å². The number of ether oxygens (including phenoxy) is 1. The zero-order valence-electron chi connectivity index (χ0n) is 13.1. The summed E-state index contributed by atoms with van der Waals surface area (Å²) in [6.07, 6.45) is -1.13. The molecule has 0 spiro atoms. The zero-order chi connectivity index (χ0) is 17.0. The van der Waals surface area contributed by atoms with Crippen LogP contribution in [0.4, 0.5) is 4.39 Å². The molecule has 122 valence electrons. The Kier molecular flexibility index (Phi) is 5.15. The minimum Gasteiger partial charge on any atom is -0.443 e. The Morgan fingerprint density at radius 3 is 2.35 bits per heavy atom. The van der Waals surface area contributed by atoms with Crippen LogP contribution in [0.2, 0.25) is 0 Å². The van der Waals surface area contributed by atoms with Crippen LogP contribution in [-0.4, -0.2) is 17.4 Å². The summed E-state index contributed by atoms with van der Waals surface area (Å²) in [5.74, 6) is -1.46. The number of amides is 1. The lowest BCUT2D eigenvalue weighted by atomic mass is 10.1. The summed E-state index contributed by atoms with van der Waals surface area (Å²) in [4.78, 5) is 25.0. The molecule has 0 aliphatic heterocycles. The van der Waals surface area contributed by atoms with Gasteiger partial charge in [0.05, 0.1) is 0 Å². The van der Waals surface area contributed by atoms with Crippen molar-refractivity contribution in [2.75, 3.05) is 0 Å². The number of esters is 1. The smallest absolute Gasteiger partial charge is 0.349 e. The zero-order valence-corrected chi connectivity index (χ0v) is 13.9. The molecule has 1 aromatic heterocycles. The van der Waals surface area contributed by atoms with Crippen molar-refractivity contribution in [2.24, 2.45) is 0 Å². The third kappa shape index (κ3) is 4.89. The number of hydrogen-bond donors (Lipinski definition) is 1. The minimum absolute atomic E-state index is 0.403. The number of thiophene rings is 1. The lowest BCUT2D eigenvalue weighted by Crippen LogP contribution is -2.44. The molecule has 0 saturated heterocycles. The molecule has 2 aromatic rings. The van der Waals surface area contributed by atoms with E-state index in [4.69, 9.17) is 4.74 Å². The fraction of sp³-hybridized carbons (Fsp3) is 0.294. The summed E-state index contributed by atoms with van der Waals surface area (Å²) in [6.45, 7) is 5.48. The van der Waals surface area contributed by atoms with E-state index in [2.05, 4.69) is 5.32 Å². The number of carbonyl (C=O) groups excluding carboxylic acids is 2. The number of halogens is 1. The molecule has 0 aliphatic carbocycles. The van der Waals surface area contributed by atoms with Gasteiger partial charge in [-0.15, -0.1) is 11.3 Å². The third-order valence-electron chi connectivity index (χ3n) is 2.86. The van der Waals surface area contributed by atoms with Crippen LogP contribution in [0.15, 0.2) is 41.8 Å². The molecule has 1 aromatic carbocycles. The van der Waals surface area contributed by atoms with Crippen molar-refractivity contribution in [1.29, 1.82) is 0 Å². The minimum atomic E-state index is -1.13. The molecule has 0 unspecified atom stereocenters. The molecule has 0 aliphatic rings. The first-order chi connectivity index (χ1) is 10.8. The highest BCUT2D eigenvalue weighted by Gasteiger charge is 2.28. The summed E-state index contributed by atoms with van der Waals surface area (Å²) in [6, 6.07) is 8.67. The molecule has 4 nitrogen and oxygen atoms in total. The van der Waals surface area contributed by atoms with Crippen molar-refractivity contribution in [3.8, 4) is 0 Å². The Morgan fingerprint density at radius 1 is 1.17 bits per heavy atom. The molecule has 2 rings (SSSR count). The van der Waals surface area contributed by atoms with Crippen molar-refractivity contribution in [1.82, 2.24) is 5.32 Å². The summed E-state index contributed by atoms with van der Waals surface area (Å²) < 4.78 is 18.5. The maximum Gasteiger partial charge on any atom is 0.349 e. The summed E-state index contributed by atoms with van der Waals surface area (Å²) in [5, 5.41) is 4.53. The van der Waals surface area contributed by atoms with E-state index in [1.165, 1.54) is 35.6 Å². The van der Waals surface area contributed by atoms with E-state index in [1.54, 1.807) is 17.5 Å². The van der Waals surface area contributed by atoms with E-state index in [0.29, 0.717) is 10.4 Å². The maximum absolute atomic E-state index is 13.1. The molecule has 1 amide bonds. The molecule has 0 radical (unpaired) electrons. The van der Waals surface area contributed by atoms with Crippen LogP contribution in [0.25, 0.3) is 0 Å². The average Bonchev–Trinajstić information content (AvgIpc) is 2.98. The van der Waals surface area contributed by atoms with E-state index in [-0.39, 0.29) is 0 Å². The Morgan fingerprint density at radius 2 is 1.83 bits per heavy atom. The highest BCUT2D eigenvalue weighted by molar-refractivity contribution is 7.11. The first-order valence-corrected chi connectivity index (χ1v) is 7.96. The van der Waals surface area contributed by atoms with Gasteiger partial charge in [0.1, 0.15) is 10.7 Å². The Bertz CT molecular complexity index is 675. The molecule has 1 heterocycles. The highest BCUT2D eigenvalue weighted by Crippen LogP contribution is 2.22. The van der Waals surface area contributed by atoms with Crippen molar-refractivity contribution in [3.05, 3.63) is 58.0 Å². The normalized spacial score (nSPS) is 12.5. The second-order valence-corrected chi connectivity index (χ2v) is 7.00. The second-order valence-electron chi connectivity index (χ2n) is 6.05. The fourth-order valence-electron chi connectivity index (χ4n) is 1.91. The van der Waals surface area contributed by atoms with Gasteiger partial charge in [-0.3, -0.25) is 4.79 Å². The van der Waals surface area contributed by atoms with E-state index in [1.807, 2.05) is 20.8 Å². The predicted molar refractivity (Wildman–Crippen MR) is 86.8 cm³/mol. The Labute approximate surface area is 138 Å². The number of rotatable bonds is 4. The predicted octanol–water partition coefficient (Wildman–Crippen LogP) is 3.70. The average molecular weight is 335 g/mol. The molecule has 6 heteroatoms. The topological polar surface area (TPSA) is 55.4 Å². The number of benzene rings is 1. The molecule has 1 atom stereocenters. The molecular weight excluding hydrogens is 317 g/mol. The lowest BCUT2D eigenvalue weighted by molar-refractivity contribution is -0.131. The van der Waals surface area contributed by atoms with Crippen LogP contribution in [0.3, 0.4) is 0 Å². The Hall–Kier alpha value is -2.21. The first kappa shape index (κ1) is 17.1. The molecule has 0 bridgehead atoms. The van der Waals surface area contributed by atoms with Crippen molar-refractivity contribution in [2.45, 2.75) is 32.4 Å². The Balaban J connectivity index is 2.25. The van der Waals surface area contributed by atoms with E-state index >= 15 is 0 Å². The monoisotopic (exact) mass is 335 g/mol. The van der Waals surface area contributed by atoms with E-state index < -0.39 is 29.3 Å². The summed E-state index contributed by atoms with van der Waals surface area (Å²) in [7, 11) is 0. The van der Waals surface area contributed by atoms with Crippen LogP contribution in [0.5, 0.6) is 0 Å². The largest absolute Gasteiger partial charge is 0.443 e. The highest BCUT2D eigenvalue weighted by atomic mass is 32.1. The van der Waals surface area contributed by atoms with Gasteiger partial charge in [-0.2, -0.15) is 0 Å². The van der Waals surface area contributed by atoms with Crippen LogP contribution in [-0.2, 0) is 9.53 Å². The second kappa shape index (κ2) is 6.91. The summed E-state index contributed by atoms with van der Waals surface area (Å²) in [5.41, 5.74) is -0.0666. The van der Waals surface area contributed by atoms with Crippen LogP contribution in [0, 0.1) is 5.82 Å². The van der Waals surface area contributed by atoms with Gasteiger partial charge < -0.3 is 10.1 Å². The fourth-order valence-corrected chi connectivity index (χ4v) is 2.51. The van der Waals surface area contributed by atoms with Gasteiger partial charge in [-0.05, 0) is 44.4 Å². The van der Waals surface area contributed by atoms with Crippen molar-refractivity contribution in [3.63, 3.8) is 0 Å². The number of nitrogens with one attached hydrogen (secondary N) is 1. The number of hydrogen-bond acceptors (Lipinski definition) is 4. The third-order valence-corrected chi connectivity index (χ3v) is 3.71. The van der Waals surface area contributed by atoms with Crippen LogP contribution in [0.1, 0.15) is 42.1 Å². The van der Waals surface area contributed by atoms with Gasteiger partial charge in [0.25, 0.3) is 5.91 Å². The van der Waals surface area contributed by atoms with E-state index in [9.17, 15) is 14.0 Å². The summed E-state index contributed by atoms with van der Waals surface area (Å²) >= 11 is 1.23. The number of carbonyl (C=O) groups is 2. The van der Waals surface area contributed by atoms with Crippen molar-refractivity contribution >= 4 is 23.2 Å². The van der Waals surface area contributed by atoms with Gasteiger partial charge in [-0.25, -0.2) is 9.18 Å². The van der Waals surface area contributed by atoms with Crippen LogP contribution < -0.4 is 5.32 Å². The molecule has 23 heavy (non-hydrogen) atoms. The van der Waals surface area contributed by atoms with Gasteiger partial charge in [0, 0.05) is 11.1 Å². The molecule has 1 N–H and O–H groups in total. The van der Waals surface area contributed by atoms with Gasteiger partial charge in [0.15, 0.2) is 0 Å². The quantitative estimate of drug-likeness (QED) is 0.867. The van der Waals surface area contributed by atoms with Crippen molar-refractivity contribution < 1.29 is 18.7 Å². The van der Waals surface area contributed by atoms with E-state index in [0.717, 1.165) is 0 Å². The lowest BCUT2D eigenvalue weighted by Gasteiger charge is -2.25. The van der Waals surface area contributed by atoms with Gasteiger partial charge in [-0.1, -0.05) is 18.2 Å². The first-order valence-electron chi connectivity index (χ1n) is 7.08. The SMILES string of the molecule is CC(C)(C)NC(=O)[C@@H](OC(=O)c1cccs1)c1ccc(F)cc1. The molecule has 0 fully saturated rings.